The third kappa shape index (κ3) is 3.25. The number of hydrogen-bond acceptors (Lipinski definition) is 3. The molecule has 92 valence electrons. The highest BCUT2D eigenvalue weighted by Gasteiger charge is 2.27. The quantitative estimate of drug-likeness (QED) is 0.824. The normalized spacial score (nSPS) is 35.9. The first-order valence-corrected chi connectivity index (χ1v) is 7.30. The molecule has 1 aliphatic heterocycles. The molecule has 0 aromatic heterocycles. The highest BCUT2D eigenvalue weighted by Crippen LogP contribution is 2.36. The predicted molar refractivity (Wildman–Crippen MR) is 68.6 cm³/mol. The Hall–Kier alpha value is 0.01000. The third-order valence-electron chi connectivity index (χ3n) is 3.51. The zero-order chi connectivity index (χ0) is 11.4. The summed E-state index contributed by atoms with van der Waals surface area (Å²) in [5, 5.41) is 10.3. The van der Waals surface area contributed by atoms with Crippen LogP contribution in [0.25, 0.3) is 0 Å². The predicted octanol–water partition coefficient (Wildman–Crippen LogP) is 3.11. The van der Waals surface area contributed by atoms with Gasteiger partial charge in [-0.2, -0.15) is 0 Å². The molecule has 1 saturated carbocycles. The number of aliphatic hydroxyl groups excluding tert-OH is 1. The topological polar surface area (TPSA) is 29.5 Å². The highest BCUT2D eigenvalue weighted by atomic mass is 32.2. The fourth-order valence-electron chi connectivity index (χ4n) is 2.48. The minimum atomic E-state index is -0.140. The van der Waals surface area contributed by atoms with Crippen molar-refractivity contribution in [2.45, 2.75) is 62.4 Å². The molecule has 2 aliphatic rings. The smallest absolute Gasteiger partial charge is 0.0877 e. The lowest BCUT2D eigenvalue weighted by molar-refractivity contribution is 0.0443. The molecule has 0 spiro atoms. The largest absolute Gasteiger partial charge is 0.392 e. The number of ether oxygens (including phenoxy) is 1. The van der Waals surface area contributed by atoms with Gasteiger partial charge in [0.15, 0.2) is 0 Å². The Balaban J connectivity index is 1.80. The second-order valence-electron chi connectivity index (χ2n) is 4.83. The van der Waals surface area contributed by atoms with Gasteiger partial charge < -0.3 is 9.84 Å². The standard InChI is InChI=1S/C13H22O2S/c1-10(12-7-4-5-9-15-12)16-13-8-3-2-6-11(13)14/h11-14H,1-9H2. The first-order valence-electron chi connectivity index (χ1n) is 6.42. The molecular weight excluding hydrogens is 220 g/mol. The van der Waals surface area contributed by atoms with Gasteiger partial charge in [-0.3, -0.25) is 0 Å². The Labute approximate surface area is 102 Å². The van der Waals surface area contributed by atoms with E-state index in [1.165, 1.54) is 25.7 Å². The molecule has 2 fully saturated rings. The molecule has 0 aromatic carbocycles. The lowest BCUT2D eigenvalue weighted by atomic mass is 9.97. The third-order valence-corrected chi connectivity index (χ3v) is 4.93. The van der Waals surface area contributed by atoms with E-state index in [4.69, 9.17) is 4.74 Å². The summed E-state index contributed by atoms with van der Waals surface area (Å²) < 4.78 is 5.71. The SMILES string of the molecule is C=C(SC1CCCCC1O)C1CCCCO1. The van der Waals surface area contributed by atoms with Crippen molar-refractivity contribution in [1.82, 2.24) is 0 Å². The van der Waals surface area contributed by atoms with Crippen LogP contribution in [0.1, 0.15) is 44.9 Å². The summed E-state index contributed by atoms with van der Waals surface area (Å²) in [6, 6.07) is 0. The van der Waals surface area contributed by atoms with Crippen molar-refractivity contribution in [2.75, 3.05) is 6.61 Å². The van der Waals surface area contributed by atoms with Crippen molar-refractivity contribution in [3.05, 3.63) is 11.5 Å². The Morgan fingerprint density at radius 1 is 1.12 bits per heavy atom. The lowest BCUT2D eigenvalue weighted by Crippen LogP contribution is -2.29. The van der Waals surface area contributed by atoms with E-state index in [1.54, 1.807) is 11.8 Å². The minimum Gasteiger partial charge on any atom is -0.392 e. The van der Waals surface area contributed by atoms with Crippen LogP contribution in [0.3, 0.4) is 0 Å². The number of rotatable bonds is 3. The highest BCUT2D eigenvalue weighted by molar-refractivity contribution is 8.03. The van der Waals surface area contributed by atoms with Crippen molar-refractivity contribution in [3.63, 3.8) is 0 Å². The molecule has 0 bridgehead atoms. The van der Waals surface area contributed by atoms with Crippen molar-refractivity contribution in [2.24, 2.45) is 0 Å². The summed E-state index contributed by atoms with van der Waals surface area (Å²) in [6.45, 7) is 5.01. The van der Waals surface area contributed by atoms with E-state index >= 15 is 0 Å². The van der Waals surface area contributed by atoms with E-state index in [1.807, 2.05) is 0 Å². The Kier molecular flexibility index (Phi) is 4.74. The van der Waals surface area contributed by atoms with Crippen LogP contribution in [0, 0.1) is 0 Å². The van der Waals surface area contributed by atoms with E-state index in [0.717, 1.165) is 30.8 Å². The van der Waals surface area contributed by atoms with Gasteiger partial charge in [0.1, 0.15) is 0 Å². The molecule has 3 atom stereocenters. The van der Waals surface area contributed by atoms with Gasteiger partial charge in [-0.25, -0.2) is 0 Å². The van der Waals surface area contributed by atoms with Crippen molar-refractivity contribution >= 4 is 11.8 Å². The molecule has 3 unspecified atom stereocenters. The lowest BCUT2D eigenvalue weighted by Gasteiger charge is -2.31. The summed E-state index contributed by atoms with van der Waals surface area (Å²) in [5.74, 6) is 0. The fourth-order valence-corrected chi connectivity index (χ4v) is 3.78. The molecular formula is C13H22O2S. The maximum Gasteiger partial charge on any atom is 0.0877 e. The molecule has 3 heteroatoms. The summed E-state index contributed by atoms with van der Waals surface area (Å²) in [5.41, 5.74) is 0. The van der Waals surface area contributed by atoms with E-state index in [-0.39, 0.29) is 12.2 Å². The van der Waals surface area contributed by atoms with Crippen LogP contribution in [-0.2, 0) is 4.74 Å². The van der Waals surface area contributed by atoms with Gasteiger partial charge in [0.05, 0.1) is 12.2 Å². The van der Waals surface area contributed by atoms with Crippen LogP contribution < -0.4 is 0 Å². The van der Waals surface area contributed by atoms with Crippen molar-refractivity contribution < 1.29 is 9.84 Å². The first kappa shape index (κ1) is 12.5. The van der Waals surface area contributed by atoms with Crippen LogP contribution in [0.4, 0.5) is 0 Å². The van der Waals surface area contributed by atoms with Crippen LogP contribution in [0.15, 0.2) is 11.5 Å². The van der Waals surface area contributed by atoms with E-state index in [0.29, 0.717) is 5.25 Å². The van der Waals surface area contributed by atoms with Crippen LogP contribution >= 0.6 is 11.8 Å². The molecule has 2 rings (SSSR count). The van der Waals surface area contributed by atoms with Crippen molar-refractivity contribution in [3.8, 4) is 0 Å². The van der Waals surface area contributed by atoms with E-state index < -0.39 is 0 Å². The van der Waals surface area contributed by atoms with Gasteiger partial charge in [0.25, 0.3) is 0 Å². The second-order valence-corrected chi connectivity index (χ2v) is 6.20. The number of thioether (sulfide) groups is 1. The zero-order valence-corrected chi connectivity index (χ0v) is 10.7. The molecule has 2 nitrogen and oxygen atoms in total. The zero-order valence-electron chi connectivity index (χ0n) is 9.86. The second kappa shape index (κ2) is 6.08. The fraction of sp³-hybridized carbons (Fsp3) is 0.846. The van der Waals surface area contributed by atoms with E-state index in [9.17, 15) is 5.11 Å². The van der Waals surface area contributed by atoms with Gasteiger partial charge >= 0.3 is 0 Å². The number of aliphatic hydroxyl groups is 1. The Morgan fingerprint density at radius 3 is 2.56 bits per heavy atom. The maximum absolute atomic E-state index is 9.91. The molecule has 0 amide bonds. The summed E-state index contributed by atoms with van der Waals surface area (Å²) >= 11 is 1.77. The summed E-state index contributed by atoms with van der Waals surface area (Å²) in [4.78, 5) is 1.13. The average Bonchev–Trinajstić information content (AvgIpc) is 2.33. The van der Waals surface area contributed by atoms with E-state index in [2.05, 4.69) is 6.58 Å². The maximum atomic E-state index is 9.91. The van der Waals surface area contributed by atoms with Gasteiger partial charge in [-0.1, -0.05) is 19.4 Å². The molecule has 1 heterocycles. The molecule has 0 radical (unpaired) electrons. The van der Waals surface area contributed by atoms with Crippen LogP contribution in [0.5, 0.6) is 0 Å². The molecule has 0 aromatic rings. The van der Waals surface area contributed by atoms with Gasteiger partial charge in [0.2, 0.25) is 0 Å². The summed E-state index contributed by atoms with van der Waals surface area (Å²) in [6.07, 6.45) is 8.12. The molecule has 1 aliphatic carbocycles. The Bertz CT molecular complexity index is 236. The van der Waals surface area contributed by atoms with Gasteiger partial charge in [-0.05, 0) is 32.1 Å². The van der Waals surface area contributed by atoms with Crippen molar-refractivity contribution in [1.29, 1.82) is 0 Å². The van der Waals surface area contributed by atoms with Gasteiger partial charge in [0, 0.05) is 16.8 Å². The van der Waals surface area contributed by atoms with Crippen LogP contribution in [-0.4, -0.2) is 29.2 Å². The molecule has 1 N–H and O–H groups in total. The molecule has 1 saturated heterocycles. The van der Waals surface area contributed by atoms with Gasteiger partial charge in [-0.15, -0.1) is 11.8 Å². The summed E-state index contributed by atoms with van der Waals surface area (Å²) in [7, 11) is 0. The Morgan fingerprint density at radius 2 is 1.88 bits per heavy atom. The minimum absolute atomic E-state index is 0.140. The monoisotopic (exact) mass is 242 g/mol. The van der Waals surface area contributed by atoms with Crippen LogP contribution in [0.2, 0.25) is 0 Å². The molecule has 16 heavy (non-hydrogen) atoms. The first-order chi connectivity index (χ1) is 7.77. The average molecular weight is 242 g/mol. The number of hydrogen-bond donors (Lipinski definition) is 1.